The molecular weight excluding hydrogens is 520 g/mol. The molecule has 1 N–H and O–H groups in total. The number of para-hydroxylation sites is 1. The molecule has 0 radical (unpaired) electrons. The summed E-state index contributed by atoms with van der Waals surface area (Å²) in [5.41, 5.74) is 1.20. The van der Waals surface area contributed by atoms with Gasteiger partial charge in [0.25, 0.3) is 5.91 Å². The van der Waals surface area contributed by atoms with Crippen molar-refractivity contribution in [1.82, 2.24) is 20.1 Å². The second-order valence-electron chi connectivity index (χ2n) is 11.0. The van der Waals surface area contributed by atoms with Gasteiger partial charge >= 0.3 is 0 Å². The first-order chi connectivity index (χ1) is 20.0. The molecule has 9 nitrogen and oxygen atoms in total. The summed E-state index contributed by atoms with van der Waals surface area (Å²) in [5, 5.41) is 2.94. The van der Waals surface area contributed by atoms with Crippen LogP contribution in [0, 0.1) is 5.92 Å². The van der Waals surface area contributed by atoms with Crippen LogP contribution < -0.4 is 10.1 Å². The van der Waals surface area contributed by atoms with Crippen LogP contribution in [0.3, 0.4) is 0 Å². The van der Waals surface area contributed by atoms with Gasteiger partial charge in [0.05, 0.1) is 19.0 Å². The molecule has 210 valence electrons. The number of hydrogen-bond acceptors (Lipinski definition) is 6. The number of fused-ring (bicyclic) bond motifs is 1. The summed E-state index contributed by atoms with van der Waals surface area (Å²) in [6.07, 6.45) is 6.57. The summed E-state index contributed by atoms with van der Waals surface area (Å²) >= 11 is 0. The van der Waals surface area contributed by atoms with Crippen molar-refractivity contribution in [3.8, 4) is 11.5 Å². The van der Waals surface area contributed by atoms with Gasteiger partial charge in [0.2, 0.25) is 11.8 Å². The van der Waals surface area contributed by atoms with Crippen LogP contribution >= 0.6 is 0 Å². The molecule has 3 fully saturated rings. The quantitative estimate of drug-likeness (QED) is 0.436. The van der Waals surface area contributed by atoms with Gasteiger partial charge in [0.15, 0.2) is 5.78 Å². The van der Waals surface area contributed by atoms with E-state index in [2.05, 4.69) is 10.3 Å². The van der Waals surface area contributed by atoms with Crippen molar-refractivity contribution in [3.63, 3.8) is 0 Å². The number of nitrogens with one attached hydrogen (secondary N) is 1. The SMILES string of the molecule is O=C(NC(CC1CC1)C(=O)N1CCC2C1C(=O)CN2C(=O)Cc1cccnc1)c1ccc(Oc2ccccc2)cc1. The molecule has 9 heteroatoms. The Hall–Kier alpha value is -4.53. The molecule has 3 aliphatic rings. The van der Waals surface area contributed by atoms with Crippen LogP contribution in [0.15, 0.2) is 79.1 Å². The minimum absolute atomic E-state index is 0.00470. The topological polar surface area (TPSA) is 109 Å². The van der Waals surface area contributed by atoms with Crippen molar-refractivity contribution in [3.05, 3.63) is 90.3 Å². The minimum Gasteiger partial charge on any atom is -0.457 e. The Morgan fingerprint density at radius 1 is 0.927 bits per heavy atom. The van der Waals surface area contributed by atoms with E-state index in [1.807, 2.05) is 36.4 Å². The summed E-state index contributed by atoms with van der Waals surface area (Å²) in [4.78, 5) is 60.5. The lowest BCUT2D eigenvalue weighted by Crippen LogP contribution is -2.52. The summed E-state index contributed by atoms with van der Waals surface area (Å²) in [6, 6.07) is 18.0. The molecule has 2 aromatic carbocycles. The average molecular weight is 553 g/mol. The van der Waals surface area contributed by atoms with Crippen LogP contribution in [-0.4, -0.2) is 69.5 Å². The number of rotatable bonds is 9. The van der Waals surface area contributed by atoms with E-state index in [9.17, 15) is 19.2 Å². The highest BCUT2D eigenvalue weighted by Gasteiger charge is 2.52. The van der Waals surface area contributed by atoms with E-state index in [-0.39, 0.29) is 42.5 Å². The van der Waals surface area contributed by atoms with Crippen molar-refractivity contribution in [2.24, 2.45) is 5.92 Å². The minimum atomic E-state index is -0.734. The molecule has 3 aromatic rings. The van der Waals surface area contributed by atoms with Crippen LogP contribution in [0.4, 0.5) is 0 Å². The van der Waals surface area contributed by atoms with E-state index in [0.717, 1.165) is 18.4 Å². The Morgan fingerprint density at radius 2 is 1.68 bits per heavy atom. The maximum atomic E-state index is 13.8. The molecule has 3 atom stereocenters. The fourth-order valence-electron chi connectivity index (χ4n) is 5.82. The molecule has 2 aliphatic heterocycles. The predicted molar refractivity (Wildman–Crippen MR) is 150 cm³/mol. The van der Waals surface area contributed by atoms with Crippen molar-refractivity contribution in [2.75, 3.05) is 13.1 Å². The Balaban J connectivity index is 1.12. The molecule has 1 aliphatic carbocycles. The zero-order valence-corrected chi connectivity index (χ0v) is 22.6. The predicted octanol–water partition coefficient (Wildman–Crippen LogP) is 3.40. The molecule has 0 spiro atoms. The number of amides is 3. The highest BCUT2D eigenvalue weighted by atomic mass is 16.5. The maximum Gasteiger partial charge on any atom is 0.251 e. The van der Waals surface area contributed by atoms with E-state index in [1.54, 1.807) is 52.5 Å². The van der Waals surface area contributed by atoms with E-state index in [4.69, 9.17) is 4.74 Å². The van der Waals surface area contributed by atoms with Crippen molar-refractivity contribution >= 4 is 23.5 Å². The number of pyridine rings is 1. The number of carbonyl (C=O) groups is 4. The first-order valence-corrected chi connectivity index (χ1v) is 14.1. The van der Waals surface area contributed by atoms with Gasteiger partial charge in [-0.1, -0.05) is 37.1 Å². The normalized spacial score (nSPS) is 20.4. The third-order valence-electron chi connectivity index (χ3n) is 8.07. The summed E-state index contributed by atoms with van der Waals surface area (Å²) in [5.74, 6) is 0.794. The second-order valence-corrected chi connectivity index (χ2v) is 11.0. The van der Waals surface area contributed by atoms with E-state index in [1.165, 1.54) is 0 Å². The standard InChI is InChI=1S/C32H32N4O5/c37-28-20-36(29(38)18-22-5-4-15-33-19-22)27-14-16-35(30(27)28)32(40)26(17-21-8-9-21)34-31(39)23-10-12-25(13-11-23)41-24-6-2-1-3-7-24/h1-7,10-13,15,19,21,26-27,30H,8-9,14,16-18,20H2,(H,34,39). The number of hydrogen-bond donors (Lipinski definition) is 1. The van der Waals surface area contributed by atoms with Crippen LogP contribution in [0.25, 0.3) is 0 Å². The van der Waals surface area contributed by atoms with E-state index < -0.39 is 12.1 Å². The maximum absolute atomic E-state index is 13.8. The first-order valence-electron chi connectivity index (χ1n) is 14.1. The lowest BCUT2D eigenvalue weighted by atomic mass is 10.1. The smallest absolute Gasteiger partial charge is 0.251 e. The zero-order chi connectivity index (χ0) is 28.3. The van der Waals surface area contributed by atoms with Crippen molar-refractivity contribution in [2.45, 2.75) is 50.2 Å². The lowest BCUT2D eigenvalue weighted by molar-refractivity contribution is -0.138. The Labute approximate surface area is 238 Å². The molecular formula is C32H32N4O5. The number of benzene rings is 2. The summed E-state index contributed by atoms with van der Waals surface area (Å²) in [6.45, 7) is 0.369. The van der Waals surface area contributed by atoms with Crippen LogP contribution in [0.5, 0.6) is 11.5 Å². The van der Waals surface area contributed by atoms with Crippen LogP contribution in [-0.2, 0) is 20.8 Å². The lowest BCUT2D eigenvalue weighted by Gasteiger charge is -2.28. The van der Waals surface area contributed by atoms with Gasteiger partial charge in [-0.3, -0.25) is 24.2 Å². The number of likely N-dealkylation sites (tertiary alicyclic amines) is 2. The Kier molecular flexibility index (Phi) is 7.50. The zero-order valence-electron chi connectivity index (χ0n) is 22.6. The van der Waals surface area contributed by atoms with Crippen molar-refractivity contribution in [1.29, 1.82) is 0 Å². The number of ketones is 1. The van der Waals surface area contributed by atoms with Gasteiger partial charge in [0.1, 0.15) is 23.6 Å². The molecule has 3 amide bonds. The second kappa shape index (κ2) is 11.5. The Morgan fingerprint density at radius 3 is 2.39 bits per heavy atom. The molecule has 1 aromatic heterocycles. The van der Waals surface area contributed by atoms with Gasteiger partial charge in [-0.05, 0) is 66.8 Å². The number of ether oxygens (including phenoxy) is 1. The monoisotopic (exact) mass is 552 g/mol. The highest BCUT2D eigenvalue weighted by molar-refractivity contribution is 6.01. The number of nitrogens with zero attached hydrogens (tertiary/aromatic N) is 3. The van der Waals surface area contributed by atoms with Gasteiger partial charge in [-0.25, -0.2) is 0 Å². The number of Topliss-reactive ketones (excluding diaryl/α,β-unsaturated/α-hetero) is 1. The molecule has 0 bridgehead atoms. The largest absolute Gasteiger partial charge is 0.457 e. The molecule has 1 saturated carbocycles. The number of aromatic nitrogens is 1. The molecule has 2 saturated heterocycles. The number of carbonyl (C=O) groups excluding carboxylic acids is 4. The van der Waals surface area contributed by atoms with Crippen LogP contribution in [0.2, 0.25) is 0 Å². The molecule has 6 rings (SSSR count). The first kappa shape index (κ1) is 26.7. The molecule has 41 heavy (non-hydrogen) atoms. The molecule has 3 unspecified atom stereocenters. The van der Waals surface area contributed by atoms with Gasteiger partial charge in [-0.2, -0.15) is 0 Å². The Bertz CT molecular complexity index is 1430. The van der Waals surface area contributed by atoms with Crippen LogP contribution in [0.1, 0.15) is 41.6 Å². The fraction of sp³-hybridized carbons (Fsp3) is 0.344. The van der Waals surface area contributed by atoms with E-state index in [0.29, 0.717) is 42.4 Å². The van der Waals surface area contributed by atoms with Gasteiger partial charge in [-0.15, -0.1) is 0 Å². The highest BCUT2D eigenvalue weighted by Crippen LogP contribution is 2.36. The summed E-state index contributed by atoms with van der Waals surface area (Å²) in [7, 11) is 0. The van der Waals surface area contributed by atoms with Gasteiger partial charge < -0.3 is 19.9 Å². The third-order valence-corrected chi connectivity index (χ3v) is 8.07. The van der Waals surface area contributed by atoms with Gasteiger partial charge in [0, 0.05) is 24.5 Å². The fourth-order valence-corrected chi connectivity index (χ4v) is 5.82. The summed E-state index contributed by atoms with van der Waals surface area (Å²) < 4.78 is 5.81. The third kappa shape index (κ3) is 5.99. The average Bonchev–Trinajstić information content (AvgIpc) is 3.60. The van der Waals surface area contributed by atoms with E-state index >= 15 is 0 Å². The molecule has 3 heterocycles. The van der Waals surface area contributed by atoms with Crippen molar-refractivity contribution < 1.29 is 23.9 Å².